The van der Waals surface area contributed by atoms with Gasteiger partial charge in [0.15, 0.2) is 5.78 Å². The number of ether oxygens (including phenoxy) is 1. The summed E-state index contributed by atoms with van der Waals surface area (Å²) in [5.41, 5.74) is 0.879. The van der Waals surface area contributed by atoms with Gasteiger partial charge in [-0.25, -0.2) is 4.79 Å². The number of hydrogen-bond acceptors (Lipinski definition) is 3. The fourth-order valence-corrected chi connectivity index (χ4v) is 1.83. The average Bonchev–Trinajstić information content (AvgIpc) is 2.52. The van der Waals surface area contributed by atoms with Crippen LogP contribution in [0.5, 0.6) is 5.75 Å². The molecule has 0 spiro atoms. The van der Waals surface area contributed by atoms with Crippen LogP contribution >= 0.6 is 0 Å². The first kappa shape index (κ1) is 17.3. The summed E-state index contributed by atoms with van der Waals surface area (Å²) in [6.45, 7) is 0. The molecule has 1 N–H and O–H groups in total. The van der Waals surface area contributed by atoms with Crippen LogP contribution in [-0.4, -0.2) is 23.2 Å². The van der Waals surface area contributed by atoms with Crippen LogP contribution in [0, 0.1) is 0 Å². The number of carbonyl (C=O) groups excluding carboxylic acids is 1. The van der Waals surface area contributed by atoms with Gasteiger partial charge < -0.3 is 9.84 Å². The predicted molar refractivity (Wildman–Crippen MR) is 79.9 cm³/mol. The Kier molecular flexibility index (Phi) is 5.03. The maximum atomic E-state index is 12.0. The molecule has 0 heterocycles. The summed E-state index contributed by atoms with van der Waals surface area (Å²) in [4.78, 5) is 22.7. The van der Waals surface area contributed by atoms with Crippen molar-refractivity contribution in [2.75, 3.05) is 0 Å². The van der Waals surface area contributed by atoms with E-state index in [-0.39, 0.29) is 17.1 Å². The van der Waals surface area contributed by atoms with Crippen molar-refractivity contribution in [2.24, 2.45) is 0 Å². The van der Waals surface area contributed by atoms with Gasteiger partial charge in [0, 0.05) is 5.56 Å². The number of aromatic carboxylic acids is 1. The van der Waals surface area contributed by atoms with Crippen molar-refractivity contribution >= 4 is 17.8 Å². The summed E-state index contributed by atoms with van der Waals surface area (Å²) in [6.07, 6.45) is -2.07. The van der Waals surface area contributed by atoms with Gasteiger partial charge in [-0.1, -0.05) is 30.3 Å². The second-order valence-electron chi connectivity index (χ2n) is 4.70. The van der Waals surface area contributed by atoms with E-state index in [2.05, 4.69) is 4.74 Å². The van der Waals surface area contributed by atoms with Crippen LogP contribution in [-0.2, 0) is 0 Å². The average molecular weight is 336 g/mol. The number of allylic oxidation sites excluding steroid dienone is 1. The first-order valence-electron chi connectivity index (χ1n) is 6.66. The zero-order valence-electron chi connectivity index (χ0n) is 12.1. The number of rotatable bonds is 5. The number of carboxylic acids is 1. The maximum absolute atomic E-state index is 12.0. The van der Waals surface area contributed by atoms with Crippen LogP contribution in [0.2, 0.25) is 0 Å². The molecule has 4 nitrogen and oxygen atoms in total. The van der Waals surface area contributed by atoms with Gasteiger partial charge >= 0.3 is 12.3 Å². The number of carbonyl (C=O) groups is 2. The predicted octanol–water partition coefficient (Wildman–Crippen LogP) is 4.18. The van der Waals surface area contributed by atoms with Crippen molar-refractivity contribution in [3.05, 3.63) is 71.3 Å². The number of hydrogen-bond donors (Lipinski definition) is 1. The number of ketones is 1. The number of benzene rings is 2. The Labute approximate surface area is 134 Å². The van der Waals surface area contributed by atoms with Crippen LogP contribution in [0.25, 0.3) is 6.08 Å². The Bertz CT molecular complexity index is 760. The molecule has 7 heteroatoms. The molecule has 0 bridgehead atoms. The van der Waals surface area contributed by atoms with Gasteiger partial charge in [-0.2, -0.15) is 0 Å². The minimum absolute atomic E-state index is 0.0655. The summed E-state index contributed by atoms with van der Waals surface area (Å²) in [7, 11) is 0. The lowest BCUT2D eigenvalue weighted by atomic mass is 10.1. The Morgan fingerprint density at radius 2 is 1.46 bits per heavy atom. The highest BCUT2D eigenvalue weighted by Crippen LogP contribution is 2.23. The van der Waals surface area contributed by atoms with Crippen LogP contribution < -0.4 is 4.74 Å². The minimum atomic E-state index is -4.75. The number of carboxylic acid groups (broad SMARTS) is 1. The van der Waals surface area contributed by atoms with Crippen molar-refractivity contribution in [1.29, 1.82) is 0 Å². The molecule has 0 saturated carbocycles. The Morgan fingerprint density at radius 1 is 0.917 bits per heavy atom. The largest absolute Gasteiger partial charge is 0.573 e. The van der Waals surface area contributed by atoms with E-state index in [1.165, 1.54) is 48.6 Å². The van der Waals surface area contributed by atoms with Crippen molar-refractivity contribution < 1.29 is 32.6 Å². The molecule has 0 unspecified atom stereocenters. The molecule has 0 aliphatic rings. The summed E-state index contributed by atoms with van der Waals surface area (Å²) >= 11 is 0. The van der Waals surface area contributed by atoms with Gasteiger partial charge in [0.05, 0.1) is 5.56 Å². The fourth-order valence-electron chi connectivity index (χ4n) is 1.83. The van der Waals surface area contributed by atoms with Crippen LogP contribution in [0.1, 0.15) is 26.3 Å². The standard InChI is InChI=1S/C17H11F3O4/c18-17(19,20)24-14-8-1-11(2-9-14)3-10-15(21)12-4-6-13(7-5-12)16(22)23/h1-10H,(H,22,23). The van der Waals surface area contributed by atoms with E-state index in [1.807, 2.05) is 0 Å². The van der Waals surface area contributed by atoms with Gasteiger partial charge in [0.1, 0.15) is 5.75 Å². The van der Waals surface area contributed by atoms with E-state index in [4.69, 9.17) is 5.11 Å². The lowest BCUT2D eigenvalue weighted by Crippen LogP contribution is -2.16. The molecule has 0 aliphatic carbocycles. The maximum Gasteiger partial charge on any atom is 0.573 e. The Balaban J connectivity index is 2.04. The smallest absolute Gasteiger partial charge is 0.478 e. The molecule has 24 heavy (non-hydrogen) atoms. The van der Waals surface area contributed by atoms with Crippen molar-refractivity contribution in [3.63, 3.8) is 0 Å². The SMILES string of the molecule is O=C(O)c1ccc(C(=O)C=Cc2ccc(OC(F)(F)F)cc2)cc1. The third kappa shape index (κ3) is 4.98. The third-order valence-electron chi connectivity index (χ3n) is 2.96. The van der Waals surface area contributed by atoms with Crippen LogP contribution in [0.15, 0.2) is 54.6 Å². The quantitative estimate of drug-likeness (QED) is 0.657. The highest BCUT2D eigenvalue weighted by molar-refractivity contribution is 6.07. The molecule has 0 saturated heterocycles. The molecule has 0 aromatic heterocycles. The van der Waals surface area contributed by atoms with Gasteiger partial charge in [-0.3, -0.25) is 4.79 Å². The van der Waals surface area contributed by atoms with Gasteiger partial charge in [-0.05, 0) is 35.9 Å². The first-order chi connectivity index (χ1) is 11.2. The molecule has 0 radical (unpaired) electrons. The molecular formula is C17H11F3O4. The molecule has 2 aromatic rings. The van der Waals surface area contributed by atoms with Gasteiger partial charge in [-0.15, -0.1) is 13.2 Å². The second kappa shape index (κ2) is 6.99. The monoisotopic (exact) mass is 336 g/mol. The van der Waals surface area contributed by atoms with E-state index >= 15 is 0 Å². The first-order valence-corrected chi connectivity index (χ1v) is 6.66. The molecule has 0 fully saturated rings. The van der Waals surface area contributed by atoms with E-state index in [1.54, 1.807) is 0 Å². The van der Waals surface area contributed by atoms with E-state index in [0.29, 0.717) is 11.1 Å². The van der Waals surface area contributed by atoms with Crippen molar-refractivity contribution in [1.82, 2.24) is 0 Å². The summed E-state index contributed by atoms with van der Waals surface area (Å²) in [5, 5.41) is 8.78. The summed E-state index contributed by atoms with van der Waals surface area (Å²) in [5.74, 6) is -1.80. The molecule has 0 aliphatic heterocycles. The molecular weight excluding hydrogens is 325 g/mol. The second-order valence-corrected chi connectivity index (χ2v) is 4.70. The highest BCUT2D eigenvalue weighted by atomic mass is 19.4. The topological polar surface area (TPSA) is 63.6 Å². The van der Waals surface area contributed by atoms with E-state index in [9.17, 15) is 22.8 Å². The lowest BCUT2D eigenvalue weighted by Gasteiger charge is -2.08. The van der Waals surface area contributed by atoms with E-state index < -0.39 is 12.3 Å². The van der Waals surface area contributed by atoms with Crippen LogP contribution in [0.4, 0.5) is 13.2 Å². The zero-order valence-corrected chi connectivity index (χ0v) is 12.1. The highest BCUT2D eigenvalue weighted by Gasteiger charge is 2.30. The molecule has 2 rings (SSSR count). The van der Waals surface area contributed by atoms with E-state index in [0.717, 1.165) is 12.1 Å². The third-order valence-corrected chi connectivity index (χ3v) is 2.96. The Hall–Kier alpha value is -3.09. The van der Waals surface area contributed by atoms with Crippen molar-refractivity contribution in [3.8, 4) is 5.75 Å². The minimum Gasteiger partial charge on any atom is -0.478 e. The van der Waals surface area contributed by atoms with Gasteiger partial charge in [0.2, 0.25) is 0 Å². The zero-order chi connectivity index (χ0) is 17.7. The molecule has 124 valence electrons. The lowest BCUT2D eigenvalue weighted by molar-refractivity contribution is -0.274. The fraction of sp³-hybridized carbons (Fsp3) is 0.0588. The number of halogens is 3. The summed E-state index contributed by atoms with van der Waals surface area (Å²) in [6, 6.07) is 10.4. The molecule has 0 atom stereocenters. The number of alkyl halides is 3. The Morgan fingerprint density at radius 3 is 1.96 bits per heavy atom. The normalized spacial score (nSPS) is 11.5. The van der Waals surface area contributed by atoms with Crippen LogP contribution in [0.3, 0.4) is 0 Å². The molecule has 2 aromatic carbocycles. The van der Waals surface area contributed by atoms with Gasteiger partial charge in [0.25, 0.3) is 0 Å². The summed E-state index contributed by atoms with van der Waals surface area (Å²) < 4.78 is 39.9. The molecule has 0 amide bonds. The van der Waals surface area contributed by atoms with Crippen molar-refractivity contribution in [2.45, 2.75) is 6.36 Å².